The van der Waals surface area contributed by atoms with Crippen LogP contribution >= 0.6 is 22.6 Å². The summed E-state index contributed by atoms with van der Waals surface area (Å²) in [6.07, 6.45) is -0.101. The second-order valence-electron chi connectivity index (χ2n) is 3.26. The Hall–Kier alpha value is -0.780. The lowest BCUT2D eigenvalue weighted by molar-refractivity contribution is -0.149. The van der Waals surface area contributed by atoms with E-state index in [1.807, 2.05) is 38.1 Å². The number of halogens is 1. The fraction of sp³-hybridized carbons (Fsp3) is 0.364. The smallest absolute Gasteiger partial charge is 0.344 e. The molecule has 0 aromatic heterocycles. The lowest BCUT2D eigenvalue weighted by Gasteiger charge is -2.09. The Balaban J connectivity index is 2.44. The SMILES string of the molecule is CC(C)OC(=O)COc1ccccc1I. The number of benzene rings is 1. The second kappa shape index (κ2) is 5.95. The maximum absolute atomic E-state index is 11.2. The van der Waals surface area contributed by atoms with Crippen LogP contribution in [0.2, 0.25) is 0 Å². The molecule has 1 rings (SSSR count). The third-order valence-electron chi connectivity index (χ3n) is 1.55. The van der Waals surface area contributed by atoms with Crippen molar-refractivity contribution in [3.05, 3.63) is 27.8 Å². The van der Waals surface area contributed by atoms with E-state index in [0.29, 0.717) is 5.75 Å². The normalized spacial score (nSPS) is 10.1. The zero-order chi connectivity index (χ0) is 11.3. The van der Waals surface area contributed by atoms with Gasteiger partial charge in [0, 0.05) is 0 Å². The van der Waals surface area contributed by atoms with Crippen LogP contribution in [-0.4, -0.2) is 18.7 Å². The summed E-state index contributed by atoms with van der Waals surface area (Å²) >= 11 is 2.16. The topological polar surface area (TPSA) is 35.5 Å². The van der Waals surface area contributed by atoms with Crippen LogP contribution in [0.1, 0.15) is 13.8 Å². The van der Waals surface area contributed by atoms with Gasteiger partial charge in [0.2, 0.25) is 0 Å². The Kier molecular flexibility index (Phi) is 4.87. The van der Waals surface area contributed by atoms with E-state index in [1.54, 1.807) is 0 Å². The summed E-state index contributed by atoms with van der Waals surface area (Å²) in [5.74, 6) is 0.364. The van der Waals surface area contributed by atoms with Crippen molar-refractivity contribution in [3.63, 3.8) is 0 Å². The van der Waals surface area contributed by atoms with Crippen LogP contribution in [0.3, 0.4) is 0 Å². The third kappa shape index (κ3) is 4.51. The van der Waals surface area contributed by atoms with Crippen molar-refractivity contribution in [2.24, 2.45) is 0 Å². The van der Waals surface area contributed by atoms with Gasteiger partial charge in [-0.2, -0.15) is 0 Å². The van der Waals surface area contributed by atoms with Gasteiger partial charge >= 0.3 is 5.97 Å². The molecule has 0 aliphatic carbocycles. The first-order chi connectivity index (χ1) is 7.09. The monoisotopic (exact) mass is 320 g/mol. The van der Waals surface area contributed by atoms with Crippen LogP contribution in [0.5, 0.6) is 5.75 Å². The molecule has 0 heterocycles. The number of carbonyl (C=O) groups is 1. The number of rotatable bonds is 4. The quantitative estimate of drug-likeness (QED) is 0.632. The summed E-state index contributed by atoms with van der Waals surface area (Å²) in [7, 11) is 0. The highest BCUT2D eigenvalue weighted by atomic mass is 127. The van der Waals surface area contributed by atoms with Gasteiger partial charge < -0.3 is 9.47 Å². The molecular formula is C11H13IO3. The van der Waals surface area contributed by atoms with Crippen molar-refractivity contribution in [1.29, 1.82) is 0 Å². The molecule has 0 saturated carbocycles. The van der Waals surface area contributed by atoms with E-state index >= 15 is 0 Å². The molecule has 15 heavy (non-hydrogen) atoms. The molecule has 0 fully saturated rings. The van der Waals surface area contributed by atoms with Gasteiger partial charge in [-0.05, 0) is 48.6 Å². The molecule has 0 N–H and O–H groups in total. The summed E-state index contributed by atoms with van der Waals surface area (Å²) in [5.41, 5.74) is 0. The Morgan fingerprint density at radius 1 is 1.40 bits per heavy atom. The van der Waals surface area contributed by atoms with Gasteiger partial charge in [-0.1, -0.05) is 12.1 Å². The predicted octanol–water partition coefficient (Wildman–Crippen LogP) is 2.62. The van der Waals surface area contributed by atoms with E-state index in [-0.39, 0.29) is 18.7 Å². The van der Waals surface area contributed by atoms with E-state index < -0.39 is 0 Å². The molecule has 0 amide bonds. The average Bonchev–Trinajstić information content (AvgIpc) is 2.15. The van der Waals surface area contributed by atoms with Crippen molar-refractivity contribution < 1.29 is 14.3 Å². The summed E-state index contributed by atoms with van der Waals surface area (Å²) in [6, 6.07) is 7.53. The zero-order valence-electron chi connectivity index (χ0n) is 8.70. The Morgan fingerprint density at radius 2 is 2.07 bits per heavy atom. The molecule has 0 spiro atoms. The number of para-hydroxylation sites is 1. The van der Waals surface area contributed by atoms with Crippen molar-refractivity contribution in [3.8, 4) is 5.75 Å². The number of carbonyl (C=O) groups excluding carboxylic acids is 1. The van der Waals surface area contributed by atoms with Gasteiger partial charge in [0.15, 0.2) is 6.61 Å². The standard InChI is InChI=1S/C11H13IO3/c1-8(2)15-11(13)7-14-10-6-4-3-5-9(10)12/h3-6,8H,7H2,1-2H3. The van der Waals surface area contributed by atoms with E-state index in [2.05, 4.69) is 22.6 Å². The van der Waals surface area contributed by atoms with Gasteiger partial charge in [-0.25, -0.2) is 4.79 Å². The first-order valence-electron chi connectivity index (χ1n) is 4.66. The Bertz CT molecular complexity index is 336. The van der Waals surface area contributed by atoms with Crippen LogP contribution in [0.4, 0.5) is 0 Å². The van der Waals surface area contributed by atoms with Crippen LogP contribution in [-0.2, 0) is 9.53 Å². The van der Waals surface area contributed by atoms with Crippen molar-refractivity contribution in [2.45, 2.75) is 20.0 Å². The molecule has 0 radical (unpaired) electrons. The second-order valence-corrected chi connectivity index (χ2v) is 4.42. The number of hydrogen-bond acceptors (Lipinski definition) is 3. The lowest BCUT2D eigenvalue weighted by atomic mass is 10.3. The predicted molar refractivity (Wildman–Crippen MR) is 65.9 cm³/mol. The Morgan fingerprint density at radius 3 is 2.67 bits per heavy atom. The molecule has 82 valence electrons. The highest BCUT2D eigenvalue weighted by molar-refractivity contribution is 14.1. The molecule has 4 heteroatoms. The largest absolute Gasteiger partial charge is 0.481 e. The van der Waals surface area contributed by atoms with E-state index in [0.717, 1.165) is 3.57 Å². The van der Waals surface area contributed by atoms with Crippen LogP contribution in [0, 0.1) is 3.57 Å². The number of ether oxygens (including phenoxy) is 2. The minimum atomic E-state index is -0.343. The maximum atomic E-state index is 11.2. The molecule has 0 aliphatic heterocycles. The van der Waals surface area contributed by atoms with Crippen molar-refractivity contribution in [2.75, 3.05) is 6.61 Å². The molecule has 3 nitrogen and oxygen atoms in total. The van der Waals surface area contributed by atoms with Gasteiger partial charge in [0.1, 0.15) is 5.75 Å². The zero-order valence-corrected chi connectivity index (χ0v) is 10.9. The van der Waals surface area contributed by atoms with Crippen molar-refractivity contribution >= 4 is 28.6 Å². The Labute approximate surface area is 103 Å². The number of esters is 1. The first-order valence-corrected chi connectivity index (χ1v) is 5.74. The van der Waals surface area contributed by atoms with Gasteiger partial charge in [0.05, 0.1) is 9.67 Å². The molecule has 0 saturated heterocycles. The fourth-order valence-corrected chi connectivity index (χ4v) is 1.54. The van der Waals surface area contributed by atoms with E-state index in [9.17, 15) is 4.79 Å². The molecule has 0 aliphatic rings. The van der Waals surface area contributed by atoms with Crippen LogP contribution < -0.4 is 4.74 Å². The molecule has 0 atom stereocenters. The van der Waals surface area contributed by atoms with E-state index in [4.69, 9.17) is 9.47 Å². The van der Waals surface area contributed by atoms with Gasteiger partial charge in [-0.15, -0.1) is 0 Å². The van der Waals surface area contributed by atoms with Gasteiger partial charge in [-0.3, -0.25) is 0 Å². The minimum Gasteiger partial charge on any atom is -0.481 e. The molecule has 1 aromatic carbocycles. The van der Waals surface area contributed by atoms with Crippen LogP contribution in [0.15, 0.2) is 24.3 Å². The van der Waals surface area contributed by atoms with Gasteiger partial charge in [0.25, 0.3) is 0 Å². The summed E-state index contributed by atoms with van der Waals surface area (Å²) < 4.78 is 11.2. The summed E-state index contributed by atoms with van der Waals surface area (Å²) in [5, 5.41) is 0. The van der Waals surface area contributed by atoms with Crippen molar-refractivity contribution in [1.82, 2.24) is 0 Å². The summed E-state index contributed by atoms with van der Waals surface area (Å²) in [6.45, 7) is 3.58. The number of hydrogen-bond donors (Lipinski definition) is 0. The average molecular weight is 320 g/mol. The lowest BCUT2D eigenvalue weighted by Crippen LogP contribution is -2.18. The third-order valence-corrected chi connectivity index (χ3v) is 2.44. The maximum Gasteiger partial charge on any atom is 0.344 e. The molecular weight excluding hydrogens is 307 g/mol. The highest BCUT2D eigenvalue weighted by Crippen LogP contribution is 2.19. The highest BCUT2D eigenvalue weighted by Gasteiger charge is 2.07. The molecule has 0 unspecified atom stereocenters. The van der Waals surface area contributed by atoms with Crippen LogP contribution in [0.25, 0.3) is 0 Å². The first kappa shape index (κ1) is 12.3. The molecule has 0 bridgehead atoms. The minimum absolute atomic E-state index is 0.0435. The fourth-order valence-electron chi connectivity index (χ4n) is 0.995. The summed E-state index contributed by atoms with van der Waals surface area (Å²) in [4.78, 5) is 11.2. The van der Waals surface area contributed by atoms with E-state index in [1.165, 1.54) is 0 Å². The molecule has 1 aromatic rings.